The molecule has 0 bridgehead atoms. The van der Waals surface area contributed by atoms with Crippen LogP contribution in [0.25, 0.3) is 22.6 Å². The van der Waals surface area contributed by atoms with Gasteiger partial charge in [0.25, 0.3) is 5.91 Å². The van der Waals surface area contributed by atoms with Gasteiger partial charge in [-0.1, -0.05) is 48.5 Å². The third-order valence-electron chi connectivity index (χ3n) is 4.40. The second-order valence-corrected chi connectivity index (χ2v) is 6.32. The largest absolute Gasteiger partial charge is 0.436 e. The molecular weight excluding hydrogens is 340 g/mol. The summed E-state index contributed by atoms with van der Waals surface area (Å²) < 4.78 is 5.88. The molecule has 0 unspecified atom stereocenters. The fraction of sp³-hybridized carbons (Fsp3) is 0.0909. The zero-order valence-electron chi connectivity index (χ0n) is 14.7. The molecule has 0 aliphatic heterocycles. The van der Waals surface area contributed by atoms with Crippen LogP contribution in [0.4, 0.5) is 5.69 Å². The number of carbonyl (C=O) groups excluding carboxylic acids is 1. The summed E-state index contributed by atoms with van der Waals surface area (Å²) in [6, 6.07) is 21.9. The van der Waals surface area contributed by atoms with Crippen molar-refractivity contribution in [2.45, 2.75) is 13.0 Å². The number of aryl methyl sites for hydroxylation is 1. The van der Waals surface area contributed by atoms with Gasteiger partial charge in [-0.2, -0.15) is 0 Å². The van der Waals surface area contributed by atoms with E-state index in [1.54, 1.807) is 42.5 Å². The molecule has 5 heteroatoms. The molecule has 5 nitrogen and oxygen atoms in total. The number of carbonyl (C=O) groups is 1. The van der Waals surface area contributed by atoms with Crippen molar-refractivity contribution in [1.82, 2.24) is 4.98 Å². The Morgan fingerprint density at radius 1 is 1.04 bits per heavy atom. The number of anilines is 1. The molecule has 0 saturated heterocycles. The molecule has 4 aromatic rings. The topological polar surface area (TPSA) is 75.4 Å². The van der Waals surface area contributed by atoms with E-state index in [1.807, 2.05) is 37.3 Å². The van der Waals surface area contributed by atoms with E-state index in [-0.39, 0.29) is 0 Å². The highest BCUT2D eigenvalue weighted by Gasteiger charge is 2.18. The minimum atomic E-state index is -1.24. The van der Waals surface area contributed by atoms with Crippen LogP contribution in [0.5, 0.6) is 0 Å². The van der Waals surface area contributed by atoms with Crippen LogP contribution in [0.1, 0.15) is 17.2 Å². The molecule has 0 aliphatic carbocycles. The predicted octanol–water partition coefficient (Wildman–Crippen LogP) is 4.48. The van der Waals surface area contributed by atoms with E-state index in [0.29, 0.717) is 28.2 Å². The van der Waals surface area contributed by atoms with Crippen LogP contribution >= 0.6 is 0 Å². The molecule has 0 radical (unpaired) electrons. The molecule has 0 saturated carbocycles. The Hall–Kier alpha value is -3.44. The Balaban J connectivity index is 1.59. The molecule has 1 aromatic heterocycles. The lowest BCUT2D eigenvalue weighted by Gasteiger charge is -2.11. The first kappa shape index (κ1) is 17.0. The van der Waals surface area contributed by atoms with Gasteiger partial charge in [0.15, 0.2) is 11.7 Å². The lowest BCUT2D eigenvalue weighted by Crippen LogP contribution is -2.20. The summed E-state index contributed by atoms with van der Waals surface area (Å²) >= 11 is 0. The Labute approximate surface area is 156 Å². The Bertz CT molecular complexity index is 1100. The van der Waals surface area contributed by atoms with E-state index in [9.17, 15) is 9.90 Å². The van der Waals surface area contributed by atoms with E-state index >= 15 is 0 Å². The third kappa shape index (κ3) is 3.45. The molecule has 1 heterocycles. The van der Waals surface area contributed by atoms with Crippen molar-refractivity contribution in [2.24, 2.45) is 0 Å². The van der Waals surface area contributed by atoms with Crippen LogP contribution in [0, 0.1) is 6.92 Å². The number of aromatic nitrogens is 1. The van der Waals surface area contributed by atoms with Gasteiger partial charge >= 0.3 is 0 Å². The van der Waals surface area contributed by atoms with Gasteiger partial charge < -0.3 is 14.8 Å². The highest BCUT2D eigenvalue weighted by atomic mass is 16.3. The lowest BCUT2D eigenvalue weighted by atomic mass is 10.1. The molecule has 0 fully saturated rings. The maximum Gasteiger partial charge on any atom is 0.257 e. The summed E-state index contributed by atoms with van der Waals surface area (Å²) in [5.74, 6) is 0.0371. The number of aliphatic hydroxyl groups is 1. The molecule has 0 aliphatic rings. The fourth-order valence-corrected chi connectivity index (χ4v) is 2.93. The summed E-state index contributed by atoms with van der Waals surface area (Å²) in [7, 11) is 0. The van der Waals surface area contributed by atoms with Crippen LogP contribution in [-0.2, 0) is 4.79 Å². The predicted molar refractivity (Wildman–Crippen MR) is 104 cm³/mol. The Kier molecular flexibility index (Phi) is 4.44. The normalized spacial score (nSPS) is 12.1. The molecule has 1 amide bonds. The summed E-state index contributed by atoms with van der Waals surface area (Å²) in [5, 5.41) is 12.9. The molecule has 2 N–H and O–H groups in total. The zero-order chi connectivity index (χ0) is 18.8. The molecule has 1 atom stereocenters. The van der Waals surface area contributed by atoms with Crippen molar-refractivity contribution in [3.8, 4) is 11.5 Å². The second-order valence-electron chi connectivity index (χ2n) is 6.32. The maximum atomic E-state index is 12.3. The smallest absolute Gasteiger partial charge is 0.257 e. The van der Waals surface area contributed by atoms with E-state index in [2.05, 4.69) is 10.3 Å². The van der Waals surface area contributed by atoms with Crippen LogP contribution in [0.15, 0.2) is 77.2 Å². The number of aliphatic hydroxyl groups excluding tert-OH is 1. The van der Waals surface area contributed by atoms with Gasteiger partial charge in [0, 0.05) is 17.3 Å². The van der Waals surface area contributed by atoms with Crippen LogP contribution in [0.2, 0.25) is 0 Å². The van der Waals surface area contributed by atoms with E-state index in [1.165, 1.54) is 0 Å². The van der Waals surface area contributed by atoms with Crippen molar-refractivity contribution >= 4 is 22.7 Å². The van der Waals surface area contributed by atoms with Gasteiger partial charge in [-0.25, -0.2) is 4.98 Å². The number of hydrogen-bond donors (Lipinski definition) is 2. The number of nitrogens with zero attached hydrogens (tertiary/aromatic N) is 1. The van der Waals surface area contributed by atoms with E-state index < -0.39 is 12.0 Å². The van der Waals surface area contributed by atoms with E-state index in [0.717, 1.165) is 11.1 Å². The van der Waals surface area contributed by atoms with Gasteiger partial charge in [-0.15, -0.1) is 0 Å². The van der Waals surface area contributed by atoms with Crippen molar-refractivity contribution in [3.63, 3.8) is 0 Å². The van der Waals surface area contributed by atoms with Crippen LogP contribution < -0.4 is 5.32 Å². The summed E-state index contributed by atoms with van der Waals surface area (Å²) in [6.07, 6.45) is -1.24. The SMILES string of the molecule is Cc1ccccc1-c1nc2ccc(NC(=O)[C@@H](O)c3ccccc3)cc2o1. The quantitative estimate of drug-likeness (QED) is 0.564. The van der Waals surface area contributed by atoms with Gasteiger partial charge in [0.2, 0.25) is 5.89 Å². The van der Waals surface area contributed by atoms with Gasteiger partial charge in [-0.05, 0) is 36.2 Å². The highest BCUT2D eigenvalue weighted by Crippen LogP contribution is 2.28. The number of fused-ring (bicyclic) bond motifs is 1. The Morgan fingerprint density at radius 3 is 2.56 bits per heavy atom. The number of nitrogens with one attached hydrogen (secondary N) is 1. The first-order valence-electron chi connectivity index (χ1n) is 8.62. The molecular formula is C22H18N2O3. The van der Waals surface area contributed by atoms with Gasteiger partial charge in [0.05, 0.1) is 0 Å². The minimum absolute atomic E-state index is 0.501. The molecule has 27 heavy (non-hydrogen) atoms. The fourth-order valence-electron chi connectivity index (χ4n) is 2.93. The monoisotopic (exact) mass is 358 g/mol. The first-order chi connectivity index (χ1) is 13.1. The second kappa shape index (κ2) is 7.05. The summed E-state index contributed by atoms with van der Waals surface area (Å²) in [6.45, 7) is 2.00. The first-order valence-corrected chi connectivity index (χ1v) is 8.62. The number of benzene rings is 3. The Morgan fingerprint density at radius 2 is 1.78 bits per heavy atom. The minimum Gasteiger partial charge on any atom is -0.436 e. The van der Waals surface area contributed by atoms with E-state index in [4.69, 9.17) is 4.42 Å². The number of oxazole rings is 1. The van der Waals surface area contributed by atoms with Gasteiger partial charge in [-0.3, -0.25) is 4.79 Å². The van der Waals surface area contributed by atoms with Crippen molar-refractivity contribution < 1.29 is 14.3 Å². The highest BCUT2D eigenvalue weighted by molar-refractivity contribution is 5.96. The molecule has 3 aromatic carbocycles. The number of amides is 1. The van der Waals surface area contributed by atoms with Crippen molar-refractivity contribution in [1.29, 1.82) is 0 Å². The lowest BCUT2D eigenvalue weighted by molar-refractivity contribution is -0.124. The zero-order valence-corrected chi connectivity index (χ0v) is 14.7. The van der Waals surface area contributed by atoms with Gasteiger partial charge in [0.1, 0.15) is 5.52 Å². The summed E-state index contributed by atoms with van der Waals surface area (Å²) in [5.41, 5.74) is 4.35. The third-order valence-corrected chi connectivity index (χ3v) is 4.40. The number of rotatable bonds is 4. The standard InChI is InChI=1S/C22H18N2O3/c1-14-7-5-6-10-17(14)22-24-18-12-11-16(13-19(18)27-22)23-21(26)20(25)15-8-3-2-4-9-15/h2-13,20,25H,1H3,(H,23,26)/t20-/m0/s1. The average molecular weight is 358 g/mol. The molecule has 134 valence electrons. The van der Waals surface area contributed by atoms with Crippen molar-refractivity contribution in [2.75, 3.05) is 5.32 Å². The molecule has 4 rings (SSSR count). The van der Waals surface area contributed by atoms with Crippen molar-refractivity contribution in [3.05, 3.63) is 83.9 Å². The summed E-state index contributed by atoms with van der Waals surface area (Å²) in [4.78, 5) is 16.8. The molecule has 0 spiro atoms. The van der Waals surface area contributed by atoms with Crippen LogP contribution in [-0.4, -0.2) is 16.0 Å². The van der Waals surface area contributed by atoms with Crippen LogP contribution in [0.3, 0.4) is 0 Å². The number of hydrogen-bond acceptors (Lipinski definition) is 4. The average Bonchev–Trinajstić information content (AvgIpc) is 3.11. The maximum absolute atomic E-state index is 12.3.